The quantitative estimate of drug-likeness (QED) is 0.691. The second-order valence-electron chi connectivity index (χ2n) is 5.12. The lowest BCUT2D eigenvalue weighted by molar-refractivity contribution is -0.0364. The minimum atomic E-state index is -0.377. The van der Waals surface area contributed by atoms with Gasteiger partial charge in [-0.1, -0.05) is 17.7 Å². The lowest BCUT2D eigenvalue weighted by atomic mass is 10.00. The van der Waals surface area contributed by atoms with Crippen LogP contribution >= 0.6 is 0 Å². The van der Waals surface area contributed by atoms with Crippen LogP contribution in [0.1, 0.15) is 40.9 Å². The Morgan fingerprint density at radius 3 is 1.90 bits per heavy atom. The first-order valence-electron chi connectivity index (χ1n) is 7.43. The monoisotopic (exact) mass is 294 g/mol. The van der Waals surface area contributed by atoms with Crippen LogP contribution in [-0.4, -0.2) is 38.5 Å². The number of esters is 1. The molecule has 118 valence electrons. The van der Waals surface area contributed by atoms with E-state index in [-0.39, 0.29) is 12.1 Å². The lowest BCUT2D eigenvalue weighted by Gasteiger charge is -2.19. The molecule has 1 aromatic rings. The second-order valence-corrected chi connectivity index (χ2v) is 5.12. The van der Waals surface area contributed by atoms with E-state index >= 15 is 0 Å². The van der Waals surface area contributed by atoms with Gasteiger partial charge in [0, 0.05) is 13.2 Å². The molecule has 4 nitrogen and oxygen atoms in total. The van der Waals surface area contributed by atoms with Gasteiger partial charge in [0.1, 0.15) is 6.10 Å². The molecular formula is C17H26O4. The second kappa shape index (κ2) is 8.80. The Bertz CT molecular complexity index is 437. The zero-order valence-corrected chi connectivity index (χ0v) is 13.7. The Morgan fingerprint density at radius 1 is 1.00 bits per heavy atom. The van der Waals surface area contributed by atoms with Gasteiger partial charge < -0.3 is 14.2 Å². The molecule has 0 amide bonds. The molecule has 0 spiro atoms. The maximum absolute atomic E-state index is 12.4. The van der Waals surface area contributed by atoms with E-state index in [2.05, 4.69) is 0 Å². The highest BCUT2D eigenvalue weighted by molar-refractivity contribution is 5.92. The van der Waals surface area contributed by atoms with Gasteiger partial charge in [-0.15, -0.1) is 0 Å². The number of rotatable bonds is 8. The molecule has 0 heterocycles. The molecule has 0 N–H and O–H groups in total. The van der Waals surface area contributed by atoms with Crippen molar-refractivity contribution in [2.24, 2.45) is 0 Å². The summed E-state index contributed by atoms with van der Waals surface area (Å²) in [6.07, 6.45) is -0.377. The zero-order valence-electron chi connectivity index (χ0n) is 13.7. The highest BCUT2D eigenvalue weighted by Crippen LogP contribution is 2.18. The molecule has 0 unspecified atom stereocenters. The zero-order chi connectivity index (χ0) is 15.8. The number of aryl methyl sites for hydroxylation is 3. The summed E-state index contributed by atoms with van der Waals surface area (Å²) < 4.78 is 16.3. The normalized spacial score (nSPS) is 11.0. The molecule has 0 aliphatic rings. The van der Waals surface area contributed by atoms with Crippen molar-refractivity contribution in [1.82, 2.24) is 0 Å². The summed E-state index contributed by atoms with van der Waals surface area (Å²) >= 11 is 0. The molecule has 0 radical (unpaired) electrons. The van der Waals surface area contributed by atoms with E-state index in [0.29, 0.717) is 32.0 Å². The van der Waals surface area contributed by atoms with Gasteiger partial charge in [-0.2, -0.15) is 0 Å². The minimum absolute atomic E-state index is 0.311. The molecule has 0 aromatic heterocycles. The molecule has 4 heteroatoms. The third kappa shape index (κ3) is 5.48. The fraction of sp³-hybridized carbons (Fsp3) is 0.588. The fourth-order valence-corrected chi connectivity index (χ4v) is 2.33. The Balaban J connectivity index is 2.81. The van der Waals surface area contributed by atoms with E-state index in [1.54, 1.807) is 0 Å². The summed E-state index contributed by atoms with van der Waals surface area (Å²) in [4.78, 5) is 12.4. The Hall–Kier alpha value is -1.39. The van der Waals surface area contributed by atoms with Crippen molar-refractivity contribution in [2.75, 3.05) is 26.4 Å². The van der Waals surface area contributed by atoms with Crippen LogP contribution < -0.4 is 0 Å². The van der Waals surface area contributed by atoms with Crippen molar-refractivity contribution < 1.29 is 19.0 Å². The Morgan fingerprint density at radius 2 is 1.48 bits per heavy atom. The smallest absolute Gasteiger partial charge is 0.339 e. The van der Waals surface area contributed by atoms with Gasteiger partial charge >= 0.3 is 5.97 Å². The predicted octanol–water partition coefficient (Wildman–Crippen LogP) is 3.21. The van der Waals surface area contributed by atoms with Crippen molar-refractivity contribution >= 4 is 5.97 Å². The largest absolute Gasteiger partial charge is 0.454 e. The van der Waals surface area contributed by atoms with Crippen LogP contribution in [0.25, 0.3) is 0 Å². The summed E-state index contributed by atoms with van der Waals surface area (Å²) in [5.41, 5.74) is 3.65. The van der Waals surface area contributed by atoms with Crippen molar-refractivity contribution in [3.05, 3.63) is 34.4 Å². The molecule has 1 rings (SSSR count). The van der Waals surface area contributed by atoms with Gasteiger partial charge in [0.2, 0.25) is 0 Å². The topological polar surface area (TPSA) is 44.8 Å². The molecule has 0 aliphatic carbocycles. The molecule has 21 heavy (non-hydrogen) atoms. The number of carbonyl (C=O) groups is 1. The summed E-state index contributed by atoms with van der Waals surface area (Å²) in [6, 6.07) is 3.98. The van der Waals surface area contributed by atoms with Gasteiger partial charge in [0.05, 0.1) is 18.8 Å². The van der Waals surface area contributed by atoms with Crippen LogP contribution in [0.15, 0.2) is 12.1 Å². The average Bonchev–Trinajstić information content (AvgIpc) is 2.40. The van der Waals surface area contributed by atoms with Gasteiger partial charge in [0.25, 0.3) is 0 Å². The van der Waals surface area contributed by atoms with E-state index in [9.17, 15) is 4.79 Å². The summed E-state index contributed by atoms with van der Waals surface area (Å²) in [6.45, 7) is 11.6. The minimum Gasteiger partial charge on any atom is -0.454 e. The highest BCUT2D eigenvalue weighted by atomic mass is 16.6. The number of hydrogen-bond donors (Lipinski definition) is 0. The lowest BCUT2D eigenvalue weighted by Crippen LogP contribution is -2.29. The molecule has 0 saturated carbocycles. The SMILES string of the molecule is CCOCC(COCC)OC(=O)c1c(C)cc(C)cc1C. The summed E-state index contributed by atoms with van der Waals surface area (Å²) in [7, 11) is 0. The van der Waals surface area contributed by atoms with Crippen LogP contribution in [0.3, 0.4) is 0 Å². The third-order valence-electron chi connectivity index (χ3n) is 3.17. The number of benzene rings is 1. The number of carbonyl (C=O) groups excluding carboxylic acids is 1. The first kappa shape index (κ1) is 17.7. The number of ether oxygens (including phenoxy) is 3. The van der Waals surface area contributed by atoms with Crippen molar-refractivity contribution in [1.29, 1.82) is 0 Å². The van der Waals surface area contributed by atoms with Gasteiger partial charge in [-0.25, -0.2) is 4.79 Å². The van der Waals surface area contributed by atoms with E-state index in [1.807, 2.05) is 46.8 Å². The van der Waals surface area contributed by atoms with Gasteiger partial charge in [-0.05, 0) is 45.7 Å². The first-order chi connectivity index (χ1) is 9.99. The van der Waals surface area contributed by atoms with E-state index in [1.165, 1.54) is 0 Å². The van der Waals surface area contributed by atoms with Crippen LogP contribution in [0.5, 0.6) is 0 Å². The van der Waals surface area contributed by atoms with Crippen LogP contribution in [-0.2, 0) is 14.2 Å². The molecule has 0 saturated heterocycles. The maximum atomic E-state index is 12.4. The highest BCUT2D eigenvalue weighted by Gasteiger charge is 2.20. The Labute approximate surface area is 127 Å². The number of hydrogen-bond acceptors (Lipinski definition) is 4. The summed E-state index contributed by atoms with van der Waals surface area (Å²) in [5, 5.41) is 0. The summed E-state index contributed by atoms with van der Waals surface area (Å²) in [5.74, 6) is -0.311. The molecule has 0 aliphatic heterocycles. The standard InChI is InChI=1S/C17H26O4/c1-6-19-10-15(11-20-7-2)21-17(18)16-13(4)8-12(3)9-14(16)5/h8-9,15H,6-7,10-11H2,1-5H3. The third-order valence-corrected chi connectivity index (χ3v) is 3.17. The average molecular weight is 294 g/mol. The van der Waals surface area contributed by atoms with Crippen molar-refractivity contribution in [2.45, 2.75) is 40.7 Å². The maximum Gasteiger partial charge on any atom is 0.339 e. The fourth-order valence-electron chi connectivity index (χ4n) is 2.33. The molecule has 0 atom stereocenters. The predicted molar refractivity (Wildman–Crippen MR) is 82.8 cm³/mol. The molecule has 1 aromatic carbocycles. The van der Waals surface area contributed by atoms with Crippen LogP contribution in [0.2, 0.25) is 0 Å². The van der Waals surface area contributed by atoms with E-state index < -0.39 is 0 Å². The molecular weight excluding hydrogens is 268 g/mol. The van der Waals surface area contributed by atoms with Crippen LogP contribution in [0.4, 0.5) is 0 Å². The van der Waals surface area contributed by atoms with Crippen LogP contribution in [0, 0.1) is 20.8 Å². The van der Waals surface area contributed by atoms with Crippen molar-refractivity contribution in [3.63, 3.8) is 0 Å². The van der Waals surface area contributed by atoms with E-state index in [0.717, 1.165) is 16.7 Å². The Kier molecular flexibility index (Phi) is 7.40. The van der Waals surface area contributed by atoms with E-state index in [4.69, 9.17) is 14.2 Å². The van der Waals surface area contributed by atoms with Gasteiger partial charge in [-0.3, -0.25) is 0 Å². The van der Waals surface area contributed by atoms with Crippen molar-refractivity contribution in [3.8, 4) is 0 Å². The first-order valence-corrected chi connectivity index (χ1v) is 7.43. The molecule has 0 fully saturated rings. The molecule has 0 bridgehead atoms. The van der Waals surface area contributed by atoms with Gasteiger partial charge in [0.15, 0.2) is 0 Å².